The Morgan fingerprint density at radius 3 is 2.58 bits per heavy atom. The number of rotatable bonds is 10. The third kappa shape index (κ3) is 7.51. The number of fused-ring (bicyclic) bond motifs is 3. The molecule has 0 aliphatic carbocycles. The van der Waals surface area contributed by atoms with Gasteiger partial charge in [-0.3, -0.25) is 4.98 Å². The van der Waals surface area contributed by atoms with Gasteiger partial charge in [-0.25, -0.2) is 9.18 Å². The van der Waals surface area contributed by atoms with E-state index in [2.05, 4.69) is 20.5 Å². The minimum atomic E-state index is -0.448. The monoisotopic (exact) mass is 634 g/mol. The van der Waals surface area contributed by atoms with Crippen molar-refractivity contribution in [2.45, 2.75) is 38.6 Å². The number of nitrogens with one attached hydrogen (secondary N) is 2. The minimum absolute atomic E-state index is 0.289. The van der Waals surface area contributed by atoms with Crippen LogP contribution in [0.3, 0.4) is 0 Å². The van der Waals surface area contributed by atoms with Crippen molar-refractivity contribution in [3.8, 4) is 28.7 Å². The Kier molecular flexibility index (Phi) is 9.71. The molecule has 6 rings (SSSR count). The van der Waals surface area contributed by atoms with E-state index in [0.29, 0.717) is 65.2 Å². The smallest absolute Gasteiger partial charge is 0.319 e. The Labute approximate surface area is 266 Å². The van der Waals surface area contributed by atoms with E-state index in [4.69, 9.17) is 30.5 Å². The number of benzene rings is 3. The third-order valence-corrected chi connectivity index (χ3v) is 8.21. The number of ether oxygens (including phenoxy) is 4. The molecule has 2 aliphatic rings. The lowest BCUT2D eigenvalue weighted by molar-refractivity contribution is 0.161. The maximum absolute atomic E-state index is 13.2. The van der Waals surface area contributed by atoms with Crippen molar-refractivity contribution in [3.63, 3.8) is 0 Å². The maximum atomic E-state index is 13.2. The van der Waals surface area contributed by atoms with Gasteiger partial charge in [0.15, 0.2) is 11.5 Å². The van der Waals surface area contributed by atoms with Crippen LogP contribution in [0.2, 0.25) is 5.02 Å². The number of piperidine rings is 1. The summed E-state index contributed by atoms with van der Waals surface area (Å²) in [5.41, 5.74) is 1.83. The van der Waals surface area contributed by atoms with Crippen LogP contribution in [-0.4, -0.2) is 55.4 Å². The van der Waals surface area contributed by atoms with Crippen LogP contribution in [0.1, 0.15) is 44.2 Å². The van der Waals surface area contributed by atoms with Crippen molar-refractivity contribution >= 4 is 34.2 Å². The summed E-state index contributed by atoms with van der Waals surface area (Å²) in [6, 6.07) is 13.8. The van der Waals surface area contributed by atoms with Crippen molar-refractivity contribution in [1.29, 1.82) is 0 Å². The fraction of sp³-hybridized carbons (Fsp3) is 0.353. The van der Waals surface area contributed by atoms with Gasteiger partial charge in [-0.1, -0.05) is 30.2 Å². The quantitative estimate of drug-likeness (QED) is 0.172. The number of nitrogens with zero attached hydrogens (tertiary/aromatic N) is 2. The van der Waals surface area contributed by atoms with Gasteiger partial charge in [0.05, 0.1) is 34.3 Å². The van der Waals surface area contributed by atoms with Gasteiger partial charge in [-0.2, -0.15) is 0 Å². The highest BCUT2D eigenvalue weighted by molar-refractivity contribution is 6.33. The molecular weight excluding hydrogens is 599 g/mol. The Balaban J connectivity index is 1.14. The molecule has 4 aromatic rings. The SMILES string of the molecule is C[C@H](NC(=O)Nc1ccc(Oc2ccnc3cc(OCCCN4CCCCC4)c4c(c23)OCCO4)cc1Cl)c1ccc(F)cc1. The molecule has 0 radical (unpaired) electrons. The predicted molar refractivity (Wildman–Crippen MR) is 172 cm³/mol. The molecule has 11 heteroatoms. The second kappa shape index (κ2) is 14.2. The Bertz CT molecular complexity index is 1650. The first-order chi connectivity index (χ1) is 21.9. The maximum Gasteiger partial charge on any atom is 0.319 e. The zero-order valence-electron chi connectivity index (χ0n) is 25.1. The first-order valence-corrected chi connectivity index (χ1v) is 15.7. The number of anilines is 1. The Morgan fingerprint density at radius 1 is 1.02 bits per heavy atom. The van der Waals surface area contributed by atoms with Crippen molar-refractivity contribution in [2.24, 2.45) is 0 Å². The number of carbonyl (C=O) groups excluding carboxylic acids is 1. The van der Waals surface area contributed by atoms with Crippen LogP contribution in [0.15, 0.2) is 60.8 Å². The lowest BCUT2D eigenvalue weighted by atomic mass is 10.1. The van der Waals surface area contributed by atoms with Crippen molar-refractivity contribution in [3.05, 3.63) is 77.2 Å². The molecule has 0 saturated carbocycles. The summed E-state index contributed by atoms with van der Waals surface area (Å²) in [6.45, 7) is 6.52. The van der Waals surface area contributed by atoms with Gasteiger partial charge in [0.1, 0.15) is 30.5 Å². The van der Waals surface area contributed by atoms with Gasteiger partial charge >= 0.3 is 6.03 Å². The van der Waals surface area contributed by atoms with Crippen LogP contribution in [0.25, 0.3) is 10.9 Å². The van der Waals surface area contributed by atoms with E-state index in [9.17, 15) is 9.18 Å². The second-order valence-electron chi connectivity index (χ2n) is 11.2. The summed E-state index contributed by atoms with van der Waals surface area (Å²) < 4.78 is 37.8. The van der Waals surface area contributed by atoms with E-state index in [1.807, 2.05) is 13.0 Å². The topological polar surface area (TPSA) is 94.2 Å². The van der Waals surface area contributed by atoms with Gasteiger partial charge in [0, 0.05) is 24.9 Å². The predicted octanol–water partition coefficient (Wildman–Crippen LogP) is 7.73. The summed E-state index contributed by atoms with van der Waals surface area (Å²) in [4.78, 5) is 19.7. The van der Waals surface area contributed by atoms with Crippen LogP contribution in [0.4, 0.5) is 14.9 Å². The average Bonchev–Trinajstić information content (AvgIpc) is 3.05. The molecule has 2 amide bonds. The highest BCUT2D eigenvalue weighted by Gasteiger charge is 2.25. The molecule has 0 spiro atoms. The second-order valence-corrected chi connectivity index (χ2v) is 11.6. The number of hydrogen-bond donors (Lipinski definition) is 2. The molecular formula is C34H36ClFN4O5. The molecule has 1 saturated heterocycles. The normalized spacial score (nSPS) is 15.4. The molecule has 3 heterocycles. The molecule has 1 fully saturated rings. The number of amides is 2. The summed E-state index contributed by atoms with van der Waals surface area (Å²) in [7, 11) is 0. The average molecular weight is 635 g/mol. The van der Waals surface area contributed by atoms with E-state index in [0.717, 1.165) is 31.6 Å². The lowest BCUT2D eigenvalue weighted by Crippen LogP contribution is -2.31. The molecule has 2 aliphatic heterocycles. The third-order valence-electron chi connectivity index (χ3n) is 7.90. The number of carbonyl (C=O) groups is 1. The Morgan fingerprint density at radius 2 is 1.80 bits per heavy atom. The van der Waals surface area contributed by atoms with Gasteiger partial charge in [0.25, 0.3) is 0 Å². The van der Waals surface area contributed by atoms with E-state index in [1.54, 1.807) is 42.6 Å². The van der Waals surface area contributed by atoms with Gasteiger partial charge in [-0.15, -0.1) is 0 Å². The van der Waals surface area contributed by atoms with Crippen LogP contribution in [0.5, 0.6) is 28.7 Å². The van der Waals surface area contributed by atoms with E-state index in [1.165, 1.54) is 31.4 Å². The van der Waals surface area contributed by atoms with Crippen molar-refractivity contribution < 1.29 is 28.1 Å². The fourth-order valence-electron chi connectivity index (χ4n) is 5.60. The number of urea groups is 1. The lowest BCUT2D eigenvalue weighted by Gasteiger charge is -2.26. The number of hydrogen-bond acceptors (Lipinski definition) is 7. The fourth-order valence-corrected chi connectivity index (χ4v) is 5.81. The number of halogens is 2. The van der Waals surface area contributed by atoms with E-state index >= 15 is 0 Å². The molecule has 0 unspecified atom stereocenters. The molecule has 45 heavy (non-hydrogen) atoms. The van der Waals surface area contributed by atoms with E-state index in [-0.39, 0.29) is 16.9 Å². The highest BCUT2D eigenvalue weighted by Crippen LogP contribution is 2.48. The zero-order chi connectivity index (χ0) is 31.2. The first-order valence-electron chi connectivity index (χ1n) is 15.3. The first kappa shape index (κ1) is 30.7. The molecule has 9 nitrogen and oxygen atoms in total. The molecule has 1 aromatic heterocycles. The van der Waals surface area contributed by atoms with Crippen molar-refractivity contribution in [2.75, 3.05) is 44.8 Å². The Hall–Kier alpha value is -4.28. The summed E-state index contributed by atoms with van der Waals surface area (Å²) in [6.07, 6.45) is 6.44. The molecule has 2 N–H and O–H groups in total. The van der Waals surface area contributed by atoms with Crippen LogP contribution < -0.4 is 29.6 Å². The molecule has 3 aromatic carbocycles. The van der Waals surface area contributed by atoms with Crippen LogP contribution in [-0.2, 0) is 0 Å². The number of aromatic nitrogens is 1. The molecule has 0 bridgehead atoms. The van der Waals surface area contributed by atoms with Crippen LogP contribution >= 0.6 is 11.6 Å². The summed E-state index contributed by atoms with van der Waals surface area (Å²) in [5.74, 6) is 2.32. The zero-order valence-corrected chi connectivity index (χ0v) is 25.9. The molecule has 1 atom stereocenters. The summed E-state index contributed by atoms with van der Waals surface area (Å²) in [5, 5.41) is 6.53. The van der Waals surface area contributed by atoms with Gasteiger partial charge < -0.3 is 34.5 Å². The number of likely N-dealkylation sites (tertiary alicyclic amines) is 1. The number of pyridine rings is 1. The highest BCUT2D eigenvalue weighted by atomic mass is 35.5. The van der Waals surface area contributed by atoms with Gasteiger partial charge in [-0.05, 0) is 75.2 Å². The molecule has 236 valence electrons. The van der Waals surface area contributed by atoms with Gasteiger partial charge in [0.2, 0.25) is 5.75 Å². The van der Waals surface area contributed by atoms with Crippen LogP contribution in [0, 0.1) is 5.82 Å². The summed E-state index contributed by atoms with van der Waals surface area (Å²) >= 11 is 6.53. The largest absolute Gasteiger partial charge is 0.489 e. The standard InChI is InChI=1S/C34H36ClFN4O5/c1-22(23-6-8-24(36)9-7-23)38-34(41)39-27-11-10-25(20-26(27)35)45-29-12-13-37-28-21-30(32-33(31(28)29)44-19-18-43-32)42-17-5-16-40-14-3-2-4-15-40/h6-13,20-22H,2-5,14-19H2,1H3,(H2,38,39,41)/t22-/m0/s1. The minimum Gasteiger partial charge on any atom is -0.489 e. The van der Waals surface area contributed by atoms with E-state index < -0.39 is 6.03 Å². The van der Waals surface area contributed by atoms with Crippen molar-refractivity contribution in [1.82, 2.24) is 15.2 Å².